The number of nitrogens with two attached hydrogens (primary N) is 1. The third-order valence-corrected chi connectivity index (χ3v) is 6.23. The quantitative estimate of drug-likeness (QED) is 0.188. The van der Waals surface area contributed by atoms with Gasteiger partial charge in [0.2, 0.25) is 0 Å². The molecule has 0 saturated carbocycles. The Morgan fingerprint density at radius 1 is 0.771 bits per heavy atom. The zero-order chi connectivity index (χ0) is 24.4. The second-order valence-electron chi connectivity index (χ2n) is 7.58. The highest BCUT2D eigenvalue weighted by Crippen LogP contribution is 2.38. The highest BCUT2D eigenvalue weighted by atomic mass is 32.2. The monoisotopic (exact) mass is 482 g/mol. The van der Waals surface area contributed by atoms with Crippen LogP contribution < -0.4 is 5.73 Å². The second-order valence-corrected chi connectivity index (χ2v) is 8.97. The molecule has 0 amide bonds. The lowest BCUT2D eigenvalue weighted by atomic mass is 10.1. The van der Waals surface area contributed by atoms with Crippen LogP contribution in [-0.4, -0.2) is 27.9 Å². The first-order chi connectivity index (χ1) is 16.9. The first kappa shape index (κ1) is 22.3. The van der Waals surface area contributed by atoms with E-state index >= 15 is 0 Å². The van der Waals surface area contributed by atoms with Crippen molar-refractivity contribution >= 4 is 38.0 Å². The Bertz CT molecular complexity index is 1670. The van der Waals surface area contributed by atoms with E-state index in [0.717, 1.165) is 11.1 Å². The first-order valence-electron chi connectivity index (χ1n) is 10.4. The van der Waals surface area contributed by atoms with Crippen molar-refractivity contribution in [3.05, 3.63) is 91.5 Å². The Hall–Kier alpha value is -4.54. The molecule has 10 heteroatoms. The fraction of sp³-hybridized carbons (Fsp3) is 0. The first-order valence-corrected chi connectivity index (χ1v) is 11.9. The zero-order valence-electron chi connectivity index (χ0n) is 18.1. The molecule has 9 nitrogen and oxygen atoms in total. The van der Waals surface area contributed by atoms with E-state index < -0.39 is 10.1 Å². The lowest BCUT2D eigenvalue weighted by Crippen LogP contribution is -2.01. The molecule has 3 aromatic heterocycles. The van der Waals surface area contributed by atoms with Gasteiger partial charge in [-0.2, -0.15) is 8.42 Å². The number of rotatable bonds is 5. The van der Waals surface area contributed by atoms with E-state index in [2.05, 4.69) is 20.2 Å². The van der Waals surface area contributed by atoms with E-state index in [1.54, 1.807) is 67.3 Å². The van der Waals surface area contributed by atoms with Crippen LogP contribution in [0.3, 0.4) is 0 Å². The van der Waals surface area contributed by atoms with Crippen molar-refractivity contribution in [2.24, 2.45) is 10.2 Å². The molecule has 3 heterocycles. The Morgan fingerprint density at radius 2 is 1.43 bits per heavy atom. The van der Waals surface area contributed by atoms with E-state index in [0.29, 0.717) is 27.8 Å². The van der Waals surface area contributed by atoms with Crippen molar-refractivity contribution in [1.29, 1.82) is 0 Å². The number of hydrogen-bond acceptors (Lipinski definition) is 8. The molecule has 35 heavy (non-hydrogen) atoms. The fourth-order valence-electron chi connectivity index (χ4n) is 3.68. The van der Waals surface area contributed by atoms with Gasteiger partial charge in [-0.25, -0.2) is 4.98 Å². The van der Waals surface area contributed by atoms with Gasteiger partial charge in [0.15, 0.2) is 0 Å². The van der Waals surface area contributed by atoms with E-state index in [9.17, 15) is 13.0 Å². The smallest absolute Gasteiger partial charge is 0.295 e. The summed E-state index contributed by atoms with van der Waals surface area (Å²) in [4.78, 5) is 12.8. The number of fused-ring (bicyclic) bond motifs is 1. The average molecular weight is 483 g/mol. The topological polar surface area (TPSA) is 144 Å². The fourth-order valence-corrected chi connectivity index (χ4v) is 4.39. The SMILES string of the molecule is Nc1c(N=Nc2ccc(-c3cccnc3)nc2-c2cccnc2)cc(S(=O)(=O)O)c2ccccc12. The highest BCUT2D eigenvalue weighted by molar-refractivity contribution is 7.86. The number of nitrogen functional groups attached to an aromatic ring is 1. The Balaban J connectivity index is 1.66. The largest absolute Gasteiger partial charge is 0.396 e. The molecular weight excluding hydrogens is 464 g/mol. The summed E-state index contributed by atoms with van der Waals surface area (Å²) in [7, 11) is -4.52. The minimum absolute atomic E-state index is 0.102. The van der Waals surface area contributed by atoms with Gasteiger partial charge in [0, 0.05) is 46.7 Å². The van der Waals surface area contributed by atoms with Gasteiger partial charge in [-0.1, -0.05) is 24.3 Å². The molecule has 3 N–H and O–H groups in total. The van der Waals surface area contributed by atoms with Gasteiger partial charge in [-0.05, 0) is 42.5 Å². The molecular formula is C25H18N6O3S. The number of pyridine rings is 3. The summed E-state index contributed by atoms with van der Waals surface area (Å²) in [5.41, 5.74) is 9.81. The third kappa shape index (κ3) is 4.47. The standard InChI is InChI=1S/C25H18N6O3S/c26-24-19-8-2-1-7-18(19)23(35(32,33)34)13-22(24)31-30-21-10-9-20(16-5-3-11-27-14-16)29-25(21)17-6-4-12-28-15-17/h1-15H,26H2,(H,32,33,34). The van der Waals surface area contributed by atoms with Gasteiger partial charge in [0.1, 0.15) is 16.3 Å². The predicted molar refractivity (Wildman–Crippen MR) is 133 cm³/mol. The number of benzene rings is 2. The van der Waals surface area contributed by atoms with Crippen LogP contribution in [-0.2, 0) is 10.1 Å². The number of anilines is 1. The van der Waals surface area contributed by atoms with Gasteiger partial charge in [0.25, 0.3) is 10.1 Å². The molecule has 0 spiro atoms. The third-order valence-electron chi connectivity index (χ3n) is 5.34. The van der Waals surface area contributed by atoms with Crippen LogP contribution >= 0.6 is 0 Å². The minimum atomic E-state index is -4.52. The van der Waals surface area contributed by atoms with Crippen molar-refractivity contribution < 1.29 is 13.0 Å². The van der Waals surface area contributed by atoms with Crippen molar-refractivity contribution in [2.45, 2.75) is 4.90 Å². The van der Waals surface area contributed by atoms with Crippen LogP contribution in [0, 0.1) is 0 Å². The van der Waals surface area contributed by atoms with Crippen molar-refractivity contribution in [3.8, 4) is 22.5 Å². The van der Waals surface area contributed by atoms with E-state index in [-0.39, 0.29) is 16.3 Å². The van der Waals surface area contributed by atoms with Crippen LogP contribution in [0.15, 0.2) is 107 Å². The van der Waals surface area contributed by atoms with Crippen LogP contribution in [0.1, 0.15) is 0 Å². The molecule has 0 aliphatic heterocycles. The lowest BCUT2D eigenvalue weighted by Gasteiger charge is -2.10. The molecule has 5 aromatic rings. The van der Waals surface area contributed by atoms with E-state index in [1.807, 2.05) is 18.2 Å². The Kier molecular flexibility index (Phi) is 5.73. The summed E-state index contributed by atoms with van der Waals surface area (Å²) >= 11 is 0. The van der Waals surface area contributed by atoms with E-state index in [1.165, 1.54) is 6.07 Å². The van der Waals surface area contributed by atoms with Gasteiger partial charge in [-0.15, -0.1) is 10.2 Å². The molecule has 5 rings (SSSR count). The lowest BCUT2D eigenvalue weighted by molar-refractivity contribution is 0.484. The second kappa shape index (κ2) is 9.01. The Morgan fingerprint density at radius 3 is 2.09 bits per heavy atom. The summed E-state index contributed by atoms with van der Waals surface area (Å²) in [5.74, 6) is 0. The summed E-state index contributed by atoms with van der Waals surface area (Å²) < 4.78 is 33.8. The summed E-state index contributed by atoms with van der Waals surface area (Å²) in [6, 6.07) is 18.7. The molecule has 0 aliphatic carbocycles. The summed E-state index contributed by atoms with van der Waals surface area (Å²) in [5, 5.41) is 9.32. The maximum Gasteiger partial charge on any atom is 0.295 e. The van der Waals surface area contributed by atoms with Crippen LogP contribution in [0.5, 0.6) is 0 Å². The van der Waals surface area contributed by atoms with Gasteiger partial charge >= 0.3 is 0 Å². The number of hydrogen-bond donors (Lipinski definition) is 2. The molecule has 0 unspecified atom stereocenters. The molecule has 172 valence electrons. The normalized spacial score (nSPS) is 11.8. The molecule has 0 saturated heterocycles. The van der Waals surface area contributed by atoms with E-state index in [4.69, 9.17) is 10.7 Å². The summed E-state index contributed by atoms with van der Waals surface area (Å²) in [6.07, 6.45) is 6.71. The highest BCUT2D eigenvalue weighted by Gasteiger charge is 2.19. The predicted octanol–water partition coefficient (Wildman–Crippen LogP) is 5.60. The van der Waals surface area contributed by atoms with Crippen molar-refractivity contribution in [2.75, 3.05) is 5.73 Å². The molecule has 0 fully saturated rings. The number of azo groups is 1. The zero-order valence-corrected chi connectivity index (χ0v) is 19.0. The molecule has 0 radical (unpaired) electrons. The molecule has 0 bridgehead atoms. The van der Waals surface area contributed by atoms with Crippen LogP contribution in [0.2, 0.25) is 0 Å². The van der Waals surface area contributed by atoms with Gasteiger partial charge < -0.3 is 5.73 Å². The summed E-state index contributed by atoms with van der Waals surface area (Å²) in [6.45, 7) is 0. The minimum Gasteiger partial charge on any atom is -0.396 e. The maximum absolute atomic E-state index is 12.0. The van der Waals surface area contributed by atoms with Gasteiger partial charge in [-0.3, -0.25) is 14.5 Å². The Labute approximate surface area is 200 Å². The van der Waals surface area contributed by atoms with Crippen LogP contribution in [0.25, 0.3) is 33.3 Å². The number of nitrogens with zero attached hydrogens (tertiary/aromatic N) is 5. The average Bonchev–Trinajstić information content (AvgIpc) is 2.89. The van der Waals surface area contributed by atoms with Crippen molar-refractivity contribution in [1.82, 2.24) is 15.0 Å². The van der Waals surface area contributed by atoms with Crippen LogP contribution in [0.4, 0.5) is 17.1 Å². The maximum atomic E-state index is 12.0. The molecule has 0 aliphatic rings. The van der Waals surface area contributed by atoms with Crippen molar-refractivity contribution in [3.63, 3.8) is 0 Å². The molecule has 2 aromatic carbocycles. The van der Waals surface area contributed by atoms with Gasteiger partial charge in [0.05, 0.1) is 17.1 Å². The molecule has 0 atom stereocenters. The number of aromatic nitrogens is 3.